The highest BCUT2D eigenvalue weighted by atomic mass is 16.7. The Morgan fingerprint density at radius 1 is 1.69 bits per heavy atom. The molecule has 0 atom stereocenters. The zero-order valence-electron chi connectivity index (χ0n) is 7.73. The van der Waals surface area contributed by atoms with Crippen LogP contribution in [-0.4, -0.2) is 22.2 Å². The first-order chi connectivity index (χ1) is 6.20. The Morgan fingerprint density at radius 2 is 2.46 bits per heavy atom. The van der Waals surface area contributed by atoms with Gasteiger partial charge >= 0.3 is 6.03 Å². The predicted octanol–water partition coefficient (Wildman–Crippen LogP) is 1.03. The second kappa shape index (κ2) is 4.61. The van der Waals surface area contributed by atoms with Crippen molar-refractivity contribution in [2.24, 2.45) is 5.92 Å². The van der Waals surface area contributed by atoms with Crippen LogP contribution in [0.4, 0.5) is 4.79 Å². The van der Waals surface area contributed by atoms with E-state index in [-0.39, 0.29) is 6.03 Å². The summed E-state index contributed by atoms with van der Waals surface area (Å²) in [6.45, 7) is 4.51. The molecule has 1 heterocycles. The van der Waals surface area contributed by atoms with Gasteiger partial charge in [0.05, 0.1) is 6.61 Å². The van der Waals surface area contributed by atoms with E-state index in [0.29, 0.717) is 12.5 Å². The number of hydrogen-bond acceptors (Lipinski definition) is 3. The smallest absolute Gasteiger partial charge is 0.272 e. The quantitative estimate of drug-likeness (QED) is 0.712. The maximum absolute atomic E-state index is 11.2. The molecule has 0 aliphatic rings. The van der Waals surface area contributed by atoms with Gasteiger partial charge in [-0.1, -0.05) is 13.8 Å². The van der Waals surface area contributed by atoms with Crippen molar-refractivity contribution in [2.45, 2.75) is 13.8 Å². The summed E-state index contributed by atoms with van der Waals surface area (Å²) in [7, 11) is 0. The first-order valence-electron chi connectivity index (χ1n) is 4.10. The van der Waals surface area contributed by atoms with Crippen molar-refractivity contribution >= 4 is 6.03 Å². The Labute approximate surface area is 76.7 Å². The second-order valence-electron chi connectivity index (χ2n) is 3.08. The fourth-order valence-electron chi connectivity index (χ4n) is 0.702. The van der Waals surface area contributed by atoms with Gasteiger partial charge in [0.25, 0.3) is 0 Å². The molecule has 0 fully saturated rings. The SMILES string of the molecule is CC(C)CONC(=O)n1ccnc1. The number of hydrogen-bond donors (Lipinski definition) is 1. The summed E-state index contributed by atoms with van der Waals surface area (Å²) in [6, 6.07) is -0.335. The Morgan fingerprint density at radius 3 is 3.00 bits per heavy atom. The zero-order valence-corrected chi connectivity index (χ0v) is 7.73. The summed E-state index contributed by atoms with van der Waals surface area (Å²) >= 11 is 0. The molecule has 1 aromatic heterocycles. The molecule has 0 aliphatic heterocycles. The second-order valence-corrected chi connectivity index (χ2v) is 3.08. The Kier molecular flexibility index (Phi) is 3.45. The van der Waals surface area contributed by atoms with E-state index in [1.165, 1.54) is 17.1 Å². The van der Waals surface area contributed by atoms with E-state index in [9.17, 15) is 4.79 Å². The van der Waals surface area contributed by atoms with E-state index >= 15 is 0 Å². The van der Waals surface area contributed by atoms with Crippen molar-refractivity contribution in [3.8, 4) is 0 Å². The minimum Gasteiger partial charge on any atom is -0.272 e. The molecule has 0 aromatic carbocycles. The third kappa shape index (κ3) is 3.25. The van der Waals surface area contributed by atoms with Crippen LogP contribution in [0, 0.1) is 5.92 Å². The van der Waals surface area contributed by atoms with Crippen LogP contribution >= 0.6 is 0 Å². The summed E-state index contributed by atoms with van der Waals surface area (Å²) < 4.78 is 1.31. The Bertz CT molecular complexity index is 256. The molecule has 13 heavy (non-hydrogen) atoms. The van der Waals surface area contributed by atoms with Crippen molar-refractivity contribution in [1.29, 1.82) is 0 Å². The van der Waals surface area contributed by atoms with E-state index in [4.69, 9.17) is 4.84 Å². The Hall–Kier alpha value is -1.36. The minimum atomic E-state index is -0.335. The van der Waals surface area contributed by atoms with E-state index in [0.717, 1.165) is 0 Å². The average Bonchev–Trinajstić information content (AvgIpc) is 2.55. The van der Waals surface area contributed by atoms with Gasteiger partial charge in [-0.15, -0.1) is 0 Å². The van der Waals surface area contributed by atoms with Crippen molar-refractivity contribution in [2.75, 3.05) is 6.61 Å². The van der Waals surface area contributed by atoms with Crippen LogP contribution in [0.1, 0.15) is 13.8 Å². The number of amides is 1. The molecule has 0 aliphatic carbocycles. The number of hydroxylamine groups is 1. The number of imidazole rings is 1. The molecular formula is C8H13N3O2. The third-order valence-corrected chi connectivity index (χ3v) is 1.32. The summed E-state index contributed by atoms with van der Waals surface area (Å²) in [6.07, 6.45) is 4.49. The molecule has 0 saturated heterocycles. The maximum Gasteiger partial charge on any atom is 0.350 e. The zero-order chi connectivity index (χ0) is 9.68. The molecule has 1 rings (SSSR count). The molecule has 5 nitrogen and oxygen atoms in total. The first-order valence-corrected chi connectivity index (χ1v) is 4.10. The number of carbonyl (C=O) groups is 1. The lowest BCUT2D eigenvalue weighted by Gasteiger charge is -2.07. The Balaban J connectivity index is 2.27. The van der Waals surface area contributed by atoms with Crippen LogP contribution in [0.3, 0.4) is 0 Å². The molecule has 5 heteroatoms. The van der Waals surface area contributed by atoms with Crippen molar-refractivity contribution in [3.05, 3.63) is 18.7 Å². The summed E-state index contributed by atoms with van der Waals surface area (Å²) in [5.74, 6) is 0.392. The maximum atomic E-state index is 11.2. The normalized spacial score (nSPS) is 10.4. The van der Waals surface area contributed by atoms with Gasteiger partial charge in [-0.2, -0.15) is 0 Å². The first kappa shape index (κ1) is 9.73. The molecule has 72 valence electrons. The van der Waals surface area contributed by atoms with Gasteiger partial charge in [-0.3, -0.25) is 9.40 Å². The fraction of sp³-hybridized carbons (Fsp3) is 0.500. The number of rotatable bonds is 3. The average molecular weight is 183 g/mol. The molecule has 0 bridgehead atoms. The lowest BCUT2D eigenvalue weighted by atomic mass is 10.2. The monoisotopic (exact) mass is 183 g/mol. The minimum absolute atomic E-state index is 0.335. The summed E-state index contributed by atoms with van der Waals surface area (Å²) in [4.78, 5) is 19.8. The molecule has 1 N–H and O–H groups in total. The topological polar surface area (TPSA) is 56.1 Å². The number of nitrogens with one attached hydrogen (secondary N) is 1. The number of aromatic nitrogens is 2. The van der Waals surface area contributed by atoms with Crippen molar-refractivity contribution in [1.82, 2.24) is 15.0 Å². The molecule has 1 aromatic rings. The van der Waals surface area contributed by atoms with Crippen LogP contribution in [0.5, 0.6) is 0 Å². The van der Waals surface area contributed by atoms with Crippen LogP contribution in [0.15, 0.2) is 18.7 Å². The van der Waals surface area contributed by atoms with Crippen LogP contribution in [-0.2, 0) is 4.84 Å². The van der Waals surface area contributed by atoms with Gasteiger partial charge in [0.2, 0.25) is 0 Å². The van der Waals surface area contributed by atoms with Crippen LogP contribution < -0.4 is 5.48 Å². The third-order valence-electron chi connectivity index (χ3n) is 1.32. The van der Waals surface area contributed by atoms with E-state index in [1.807, 2.05) is 13.8 Å². The van der Waals surface area contributed by atoms with Gasteiger partial charge in [0.15, 0.2) is 0 Å². The van der Waals surface area contributed by atoms with E-state index in [2.05, 4.69) is 10.5 Å². The van der Waals surface area contributed by atoms with Crippen molar-refractivity contribution < 1.29 is 9.63 Å². The number of carbonyl (C=O) groups excluding carboxylic acids is 1. The highest BCUT2D eigenvalue weighted by molar-refractivity contribution is 5.75. The molecule has 0 spiro atoms. The van der Waals surface area contributed by atoms with Gasteiger partial charge in [0.1, 0.15) is 6.33 Å². The molecule has 0 unspecified atom stereocenters. The lowest BCUT2D eigenvalue weighted by molar-refractivity contribution is 0.0445. The summed E-state index contributed by atoms with van der Waals surface area (Å²) in [5.41, 5.74) is 2.30. The molecule has 1 amide bonds. The largest absolute Gasteiger partial charge is 0.350 e. The predicted molar refractivity (Wildman–Crippen MR) is 46.9 cm³/mol. The van der Waals surface area contributed by atoms with Crippen LogP contribution in [0.2, 0.25) is 0 Å². The molecular weight excluding hydrogens is 170 g/mol. The highest BCUT2D eigenvalue weighted by Crippen LogP contribution is 1.90. The summed E-state index contributed by atoms with van der Waals surface area (Å²) in [5, 5.41) is 0. The fourth-order valence-corrected chi connectivity index (χ4v) is 0.702. The molecule has 0 radical (unpaired) electrons. The lowest BCUT2D eigenvalue weighted by Crippen LogP contribution is -2.29. The van der Waals surface area contributed by atoms with E-state index < -0.39 is 0 Å². The molecule has 0 saturated carbocycles. The van der Waals surface area contributed by atoms with Crippen molar-refractivity contribution in [3.63, 3.8) is 0 Å². The van der Waals surface area contributed by atoms with Gasteiger partial charge < -0.3 is 0 Å². The van der Waals surface area contributed by atoms with Crippen LogP contribution in [0.25, 0.3) is 0 Å². The van der Waals surface area contributed by atoms with Gasteiger partial charge in [0, 0.05) is 12.4 Å². The number of nitrogens with zero attached hydrogens (tertiary/aromatic N) is 2. The van der Waals surface area contributed by atoms with Gasteiger partial charge in [-0.25, -0.2) is 15.3 Å². The van der Waals surface area contributed by atoms with Gasteiger partial charge in [-0.05, 0) is 5.92 Å². The highest BCUT2D eigenvalue weighted by Gasteiger charge is 2.02. The van der Waals surface area contributed by atoms with E-state index in [1.54, 1.807) is 6.20 Å². The standard InChI is InChI=1S/C8H13N3O2/c1-7(2)5-13-10-8(12)11-4-3-9-6-11/h3-4,6-7H,5H2,1-2H3,(H,10,12).